The molecule has 1 aromatic carbocycles. The Morgan fingerprint density at radius 1 is 1.53 bits per heavy atom. The summed E-state index contributed by atoms with van der Waals surface area (Å²) in [6, 6.07) is 7.56. The van der Waals surface area contributed by atoms with Gasteiger partial charge < -0.3 is 10.6 Å². The maximum atomic E-state index is 11.5. The zero-order chi connectivity index (χ0) is 10.8. The van der Waals surface area contributed by atoms with Crippen LogP contribution in [0.1, 0.15) is 5.56 Å². The lowest BCUT2D eigenvalue weighted by Crippen LogP contribution is -2.23. The van der Waals surface area contributed by atoms with Crippen molar-refractivity contribution in [2.45, 2.75) is 6.54 Å². The van der Waals surface area contributed by atoms with Gasteiger partial charge in [-0.15, -0.1) is 0 Å². The first-order chi connectivity index (χ1) is 7.16. The maximum Gasteiger partial charge on any atom is 0.238 e. The molecule has 15 heavy (non-hydrogen) atoms. The highest BCUT2D eigenvalue weighted by Gasteiger charge is 2.24. The minimum atomic E-state index is 0.118. The van der Waals surface area contributed by atoms with Crippen molar-refractivity contribution in [3.8, 4) is 0 Å². The molecule has 1 aromatic rings. The molecule has 0 spiro atoms. The minimum absolute atomic E-state index is 0.118. The van der Waals surface area contributed by atoms with Crippen molar-refractivity contribution in [2.24, 2.45) is 0 Å². The Morgan fingerprint density at radius 3 is 2.93 bits per heavy atom. The SMILES string of the molecule is C=C1SCC(=O)N1Cc1cccc(N)c1. The van der Waals surface area contributed by atoms with Gasteiger partial charge in [-0.05, 0) is 17.7 Å². The molecule has 0 atom stereocenters. The van der Waals surface area contributed by atoms with Crippen molar-refractivity contribution in [1.82, 2.24) is 4.90 Å². The molecule has 1 amide bonds. The molecule has 0 saturated carbocycles. The van der Waals surface area contributed by atoms with Gasteiger partial charge in [0.1, 0.15) is 0 Å². The van der Waals surface area contributed by atoms with E-state index in [0.717, 1.165) is 16.3 Å². The van der Waals surface area contributed by atoms with Crippen LogP contribution in [0.2, 0.25) is 0 Å². The lowest BCUT2D eigenvalue weighted by atomic mass is 10.2. The first kappa shape index (κ1) is 10.1. The van der Waals surface area contributed by atoms with Crippen LogP contribution in [0.4, 0.5) is 5.69 Å². The zero-order valence-corrected chi connectivity index (χ0v) is 9.09. The predicted octanol–water partition coefficient (Wildman–Crippen LogP) is 1.82. The molecule has 4 heteroatoms. The summed E-state index contributed by atoms with van der Waals surface area (Å²) in [4.78, 5) is 13.2. The van der Waals surface area contributed by atoms with E-state index in [4.69, 9.17) is 5.73 Å². The second kappa shape index (κ2) is 3.98. The number of benzene rings is 1. The lowest BCUT2D eigenvalue weighted by Gasteiger charge is -2.16. The van der Waals surface area contributed by atoms with E-state index in [2.05, 4.69) is 6.58 Å². The second-order valence-corrected chi connectivity index (χ2v) is 4.46. The summed E-state index contributed by atoms with van der Waals surface area (Å²) in [6.07, 6.45) is 0. The van der Waals surface area contributed by atoms with Gasteiger partial charge in [0, 0.05) is 5.69 Å². The average molecular weight is 220 g/mol. The Morgan fingerprint density at radius 2 is 2.33 bits per heavy atom. The lowest BCUT2D eigenvalue weighted by molar-refractivity contribution is -0.125. The highest BCUT2D eigenvalue weighted by Crippen LogP contribution is 2.28. The molecule has 0 unspecified atom stereocenters. The summed E-state index contributed by atoms with van der Waals surface area (Å²) in [7, 11) is 0. The fourth-order valence-electron chi connectivity index (χ4n) is 1.49. The smallest absolute Gasteiger partial charge is 0.238 e. The van der Waals surface area contributed by atoms with Crippen molar-refractivity contribution < 1.29 is 4.79 Å². The first-order valence-corrected chi connectivity index (χ1v) is 5.62. The standard InChI is InChI=1S/C11H12N2OS/c1-8-13(11(14)7-15-8)6-9-3-2-4-10(12)5-9/h2-5H,1,6-7,12H2. The third-order valence-electron chi connectivity index (χ3n) is 2.26. The van der Waals surface area contributed by atoms with Crippen LogP contribution in [0.5, 0.6) is 0 Å². The van der Waals surface area contributed by atoms with Crippen LogP contribution in [0, 0.1) is 0 Å². The van der Waals surface area contributed by atoms with Crippen molar-refractivity contribution in [3.05, 3.63) is 41.4 Å². The third kappa shape index (κ3) is 2.15. The van der Waals surface area contributed by atoms with Crippen molar-refractivity contribution in [1.29, 1.82) is 0 Å². The molecule has 3 nitrogen and oxygen atoms in total. The fraction of sp³-hybridized carbons (Fsp3) is 0.182. The molecule has 78 valence electrons. The summed E-state index contributed by atoms with van der Waals surface area (Å²) < 4.78 is 0. The predicted molar refractivity (Wildman–Crippen MR) is 63.0 cm³/mol. The van der Waals surface area contributed by atoms with Crippen LogP contribution in [0.3, 0.4) is 0 Å². The van der Waals surface area contributed by atoms with Gasteiger partial charge in [0.05, 0.1) is 17.3 Å². The number of rotatable bonds is 2. The van der Waals surface area contributed by atoms with Crippen LogP contribution < -0.4 is 5.73 Å². The number of hydrogen-bond donors (Lipinski definition) is 1. The molecule has 1 saturated heterocycles. The van der Waals surface area contributed by atoms with Crippen LogP contribution >= 0.6 is 11.8 Å². The van der Waals surface area contributed by atoms with E-state index in [1.165, 1.54) is 11.8 Å². The third-order valence-corrected chi connectivity index (χ3v) is 3.20. The number of anilines is 1. The molecule has 1 aliphatic rings. The van der Waals surface area contributed by atoms with Gasteiger partial charge >= 0.3 is 0 Å². The van der Waals surface area contributed by atoms with E-state index in [1.807, 2.05) is 24.3 Å². The fourth-order valence-corrected chi connectivity index (χ4v) is 2.26. The van der Waals surface area contributed by atoms with Crippen LogP contribution in [0.25, 0.3) is 0 Å². The molecule has 1 aliphatic heterocycles. The van der Waals surface area contributed by atoms with Crippen LogP contribution in [-0.2, 0) is 11.3 Å². The average Bonchev–Trinajstić information content (AvgIpc) is 2.50. The normalized spacial score (nSPS) is 16.1. The molecule has 0 radical (unpaired) electrons. The Hall–Kier alpha value is -1.42. The molecule has 2 N–H and O–H groups in total. The van der Waals surface area contributed by atoms with E-state index in [-0.39, 0.29) is 5.91 Å². The quantitative estimate of drug-likeness (QED) is 0.773. The zero-order valence-electron chi connectivity index (χ0n) is 8.27. The Labute approximate surface area is 92.9 Å². The van der Waals surface area contributed by atoms with Gasteiger partial charge in [0.2, 0.25) is 5.91 Å². The Kier molecular flexibility index (Phi) is 2.68. The minimum Gasteiger partial charge on any atom is -0.399 e. The monoisotopic (exact) mass is 220 g/mol. The number of hydrogen-bond acceptors (Lipinski definition) is 3. The van der Waals surface area contributed by atoms with Crippen molar-refractivity contribution in [3.63, 3.8) is 0 Å². The number of carbonyl (C=O) groups excluding carboxylic acids is 1. The summed E-state index contributed by atoms with van der Waals surface area (Å²) in [5, 5.41) is 0.822. The second-order valence-electron chi connectivity index (χ2n) is 3.41. The number of thioether (sulfide) groups is 1. The largest absolute Gasteiger partial charge is 0.399 e. The van der Waals surface area contributed by atoms with Gasteiger partial charge in [0.25, 0.3) is 0 Å². The van der Waals surface area contributed by atoms with E-state index in [1.54, 1.807) is 4.90 Å². The molecule has 1 fully saturated rings. The number of amides is 1. The van der Waals surface area contributed by atoms with Crippen molar-refractivity contribution >= 4 is 23.4 Å². The van der Waals surface area contributed by atoms with Gasteiger partial charge in [-0.2, -0.15) is 0 Å². The number of carbonyl (C=O) groups is 1. The summed E-state index contributed by atoms with van der Waals surface area (Å²) in [5.41, 5.74) is 7.43. The van der Waals surface area contributed by atoms with Crippen molar-refractivity contribution in [2.75, 3.05) is 11.5 Å². The topological polar surface area (TPSA) is 46.3 Å². The molecular weight excluding hydrogens is 208 g/mol. The maximum absolute atomic E-state index is 11.5. The summed E-state index contributed by atoms with van der Waals surface area (Å²) >= 11 is 1.49. The molecule has 1 heterocycles. The van der Waals surface area contributed by atoms with Crippen LogP contribution in [0.15, 0.2) is 35.9 Å². The van der Waals surface area contributed by atoms with E-state index < -0.39 is 0 Å². The molecule has 0 bridgehead atoms. The van der Waals surface area contributed by atoms with E-state index in [9.17, 15) is 4.79 Å². The van der Waals surface area contributed by atoms with Gasteiger partial charge in [0.15, 0.2) is 0 Å². The number of nitrogens with zero attached hydrogens (tertiary/aromatic N) is 1. The number of nitrogens with two attached hydrogens (primary N) is 1. The highest BCUT2D eigenvalue weighted by atomic mass is 32.2. The van der Waals surface area contributed by atoms with E-state index in [0.29, 0.717) is 12.3 Å². The van der Waals surface area contributed by atoms with Gasteiger partial charge in [-0.3, -0.25) is 4.79 Å². The summed E-state index contributed by atoms with van der Waals surface area (Å²) in [6.45, 7) is 4.41. The molecular formula is C11H12N2OS. The van der Waals surface area contributed by atoms with E-state index >= 15 is 0 Å². The Bertz CT molecular complexity index is 401. The molecule has 2 rings (SSSR count). The summed E-state index contributed by atoms with van der Waals surface area (Å²) in [5.74, 6) is 0.619. The van der Waals surface area contributed by atoms with Crippen LogP contribution in [-0.4, -0.2) is 16.6 Å². The molecule has 0 aliphatic carbocycles. The number of nitrogen functional groups attached to an aromatic ring is 1. The Balaban J connectivity index is 2.15. The molecule has 0 aromatic heterocycles. The first-order valence-electron chi connectivity index (χ1n) is 4.63. The highest BCUT2D eigenvalue weighted by molar-refractivity contribution is 8.04. The van der Waals surface area contributed by atoms with Gasteiger partial charge in [-0.25, -0.2) is 0 Å². The van der Waals surface area contributed by atoms with Gasteiger partial charge in [-0.1, -0.05) is 30.5 Å².